The van der Waals surface area contributed by atoms with Gasteiger partial charge in [-0.1, -0.05) is 43.0 Å². The first-order valence-electron chi connectivity index (χ1n) is 9.64. The van der Waals surface area contributed by atoms with Crippen LogP contribution in [0.4, 0.5) is 0 Å². The maximum atomic E-state index is 12.1. The smallest absolute Gasteiger partial charge is 0.215 e. The maximum absolute atomic E-state index is 12.1. The minimum Gasteiger partial charge on any atom is -0.501 e. The predicted octanol–water partition coefficient (Wildman–Crippen LogP) is 3.57. The Morgan fingerprint density at radius 3 is 2.86 bits per heavy atom. The molecule has 28 heavy (non-hydrogen) atoms. The maximum Gasteiger partial charge on any atom is 0.215 e. The van der Waals surface area contributed by atoms with Crippen molar-refractivity contribution in [1.82, 2.24) is 0 Å². The summed E-state index contributed by atoms with van der Waals surface area (Å²) in [5, 5.41) is 0. The number of ether oxygens (including phenoxy) is 4. The minimum atomic E-state index is -1.24. The summed E-state index contributed by atoms with van der Waals surface area (Å²) in [7, 11) is 1.62. The third-order valence-electron chi connectivity index (χ3n) is 6.46. The van der Waals surface area contributed by atoms with Gasteiger partial charge in [-0.15, -0.1) is 0 Å². The van der Waals surface area contributed by atoms with Crippen molar-refractivity contribution >= 4 is 6.29 Å². The van der Waals surface area contributed by atoms with E-state index in [-0.39, 0.29) is 5.92 Å². The molecule has 3 aliphatic rings. The molecule has 1 saturated heterocycles. The fourth-order valence-corrected chi connectivity index (χ4v) is 5.06. The quantitative estimate of drug-likeness (QED) is 0.556. The fraction of sp³-hybridized carbons (Fsp3) is 0.435. The van der Waals surface area contributed by atoms with Gasteiger partial charge in [-0.25, -0.2) is 0 Å². The summed E-state index contributed by atoms with van der Waals surface area (Å²) in [6, 6.07) is 9.84. The van der Waals surface area contributed by atoms with Crippen molar-refractivity contribution in [2.24, 2.45) is 11.3 Å². The van der Waals surface area contributed by atoms with Crippen LogP contribution in [0.25, 0.3) is 0 Å². The lowest BCUT2D eigenvalue weighted by molar-refractivity contribution is -0.375. The molecule has 0 aromatic heterocycles. The number of hydrogen-bond acceptors (Lipinski definition) is 5. The van der Waals surface area contributed by atoms with Crippen molar-refractivity contribution in [3.8, 4) is 0 Å². The van der Waals surface area contributed by atoms with Crippen molar-refractivity contribution in [2.45, 2.75) is 30.8 Å². The Bertz CT molecular complexity index is 800. The zero-order valence-corrected chi connectivity index (χ0v) is 16.1. The molecule has 0 amide bonds. The van der Waals surface area contributed by atoms with Gasteiger partial charge in [-0.05, 0) is 30.6 Å². The largest absolute Gasteiger partial charge is 0.501 e. The second-order valence-electron chi connectivity index (χ2n) is 7.53. The molecule has 0 N–H and O–H groups in total. The lowest BCUT2D eigenvalue weighted by atomic mass is 9.55. The number of carbonyl (C=O) groups is 1. The number of hydrogen-bond donors (Lipinski definition) is 0. The molecule has 2 aliphatic heterocycles. The molecule has 4 atom stereocenters. The molecule has 5 nitrogen and oxygen atoms in total. The van der Waals surface area contributed by atoms with Gasteiger partial charge in [0.25, 0.3) is 0 Å². The fourth-order valence-electron chi connectivity index (χ4n) is 5.06. The average Bonchev–Trinajstić information content (AvgIpc) is 2.76. The van der Waals surface area contributed by atoms with E-state index < -0.39 is 16.8 Å². The SMILES string of the molecule is C=C[C@@]1(OCc2ccccc2)C(C=O)=CC[C@]23C=COC[C@@H]2CCO[C@@]13OC. The topological polar surface area (TPSA) is 54.0 Å². The summed E-state index contributed by atoms with van der Waals surface area (Å²) in [6.07, 6.45) is 9.63. The standard InChI is InChI=1S/C23H26O5/c1-3-22(28-16-18-7-5-4-6-8-18)19(15-24)9-11-21-12-14-26-17-20(21)10-13-27-23(21,22)25-2/h3-9,12,14-15,20H,1,10-11,13,16-17H2,2H3/t20-,21-,22+,23+/m0/s1. The van der Waals surface area contributed by atoms with Crippen LogP contribution < -0.4 is 0 Å². The van der Waals surface area contributed by atoms with Gasteiger partial charge in [0.05, 0.1) is 31.5 Å². The second kappa shape index (κ2) is 7.32. The highest BCUT2D eigenvalue weighted by Crippen LogP contribution is 2.61. The summed E-state index contributed by atoms with van der Waals surface area (Å²) in [5.41, 5.74) is -0.269. The first kappa shape index (κ1) is 19.1. The molecule has 0 unspecified atom stereocenters. The molecular weight excluding hydrogens is 356 g/mol. The van der Waals surface area contributed by atoms with Crippen LogP contribution in [0.2, 0.25) is 0 Å². The van der Waals surface area contributed by atoms with Gasteiger partial charge in [0.2, 0.25) is 5.79 Å². The van der Waals surface area contributed by atoms with Gasteiger partial charge in [0.15, 0.2) is 5.60 Å². The third kappa shape index (κ3) is 2.47. The normalized spacial score (nSPS) is 36.5. The zero-order chi connectivity index (χ0) is 19.7. The van der Waals surface area contributed by atoms with E-state index in [1.807, 2.05) is 42.5 Å². The van der Waals surface area contributed by atoms with Crippen molar-refractivity contribution in [1.29, 1.82) is 0 Å². The highest BCUT2D eigenvalue weighted by atomic mass is 16.7. The summed E-state index contributed by atoms with van der Waals surface area (Å²) in [5.74, 6) is -1.01. The molecule has 1 aromatic rings. The molecular formula is C23H26O5. The number of carbonyl (C=O) groups excluding carboxylic acids is 1. The summed E-state index contributed by atoms with van der Waals surface area (Å²) in [6.45, 7) is 5.42. The first-order chi connectivity index (χ1) is 13.7. The lowest BCUT2D eigenvalue weighted by Gasteiger charge is -2.63. The number of methoxy groups -OCH3 is 1. The third-order valence-corrected chi connectivity index (χ3v) is 6.46. The van der Waals surface area contributed by atoms with E-state index in [2.05, 4.69) is 6.58 Å². The summed E-state index contributed by atoms with van der Waals surface area (Å²) < 4.78 is 24.6. The van der Waals surface area contributed by atoms with Crippen LogP contribution in [0, 0.1) is 11.3 Å². The Hall–Kier alpha value is -2.21. The Morgan fingerprint density at radius 2 is 2.14 bits per heavy atom. The molecule has 1 spiro atoms. The van der Waals surface area contributed by atoms with E-state index in [0.29, 0.717) is 31.8 Å². The molecule has 1 aliphatic carbocycles. The lowest BCUT2D eigenvalue weighted by Crippen LogP contribution is -2.73. The van der Waals surface area contributed by atoms with E-state index in [0.717, 1.165) is 18.3 Å². The van der Waals surface area contributed by atoms with Gasteiger partial charge in [0, 0.05) is 18.6 Å². The molecule has 1 fully saturated rings. The number of aldehydes is 1. The Morgan fingerprint density at radius 1 is 1.32 bits per heavy atom. The highest BCUT2D eigenvalue weighted by molar-refractivity contribution is 5.79. The number of benzene rings is 1. The monoisotopic (exact) mass is 382 g/mol. The van der Waals surface area contributed by atoms with Gasteiger partial charge in [-0.3, -0.25) is 4.79 Å². The van der Waals surface area contributed by atoms with E-state index in [9.17, 15) is 4.79 Å². The summed E-state index contributed by atoms with van der Waals surface area (Å²) >= 11 is 0. The van der Waals surface area contributed by atoms with E-state index >= 15 is 0 Å². The van der Waals surface area contributed by atoms with Gasteiger partial charge >= 0.3 is 0 Å². The molecule has 0 radical (unpaired) electrons. The molecule has 2 heterocycles. The van der Waals surface area contributed by atoms with Crippen LogP contribution in [-0.4, -0.2) is 38.0 Å². The van der Waals surface area contributed by atoms with Gasteiger partial charge < -0.3 is 18.9 Å². The van der Waals surface area contributed by atoms with Gasteiger partial charge in [0.1, 0.15) is 6.29 Å². The van der Waals surface area contributed by atoms with Crippen molar-refractivity contribution in [2.75, 3.05) is 20.3 Å². The van der Waals surface area contributed by atoms with Crippen molar-refractivity contribution in [3.63, 3.8) is 0 Å². The Kier molecular flexibility index (Phi) is 5.00. The van der Waals surface area contributed by atoms with E-state index in [4.69, 9.17) is 18.9 Å². The highest BCUT2D eigenvalue weighted by Gasteiger charge is 2.71. The van der Waals surface area contributed by atoms with E-state index in [1.165, 1.54) is 0 Å². The van der Waals surface area contributed by atoms with Crippen LogP contribution in [0.15, 0.2) is 67.0 Å². The minimum absolute atomic E-state index is 0.190. The van der Waals surface area contributed by atoms with Gasteiger partial charge in [-0.2, -0.15) is 0 Å². The molecule has 148 valence electrons. The first-order valence-corrected chi connectivity index (χ1v) is 9.64. The van der Waals surface area contributed by atoms with Crippen LogP contribution in [0.1, 0.15) is 18.4 Å². The average molecular weight is 382 g/mol. The van der Waals surface area contributed by atoms with Crippen LogP contribution in [0.5, 0.6) is 0 Å². The molecule has 0 bridgehead atoms. The second-order valence-corrected chi connectivity index (χ2v) is 7.53. The Balaban J connectivity index is 1.85. The Labute approximate surface area is 165 Å². The zero-order valence-electron chi connectivity index (χ0n) is 16.1. The molecule has 0 saturated carbocycles. The van der Waals surface area contributed by atoms with Crippen molar-refractivity contribution in [3.05, 3.63) is 72.5 Å². The molecule has 1 aromatic carbocycles. The number of rotatable bonds is 6. The predicted molar refractivity (Wildman–Crippen MR) is 104 cm³/mol. The number of allylic oxidation sites excluding steroid dienone is 1. The van der Waals surface area contributed by atoms with Crippen LogP contribution in [-0.2, 0) is 30.3 Å². The van der Waals surface area contributed by atoms with Crippen LogP contribution in [0.3, 0.4) is 0 Å². The van der Waals surface area contributed by atoms with Crippen LogP contribution >= 0.6 is 0 Å². The molecule has 4 rings (SSSR count). The summed E-state index contributed by atoms with van der Waals surface area (Å²) in [4.78, 5) is 12.1. The molecule has 5 heteroatoms. The van der Waals surface area contributed by atoms with E-state index in [1.54, 1.807) is 19.4 Å². The van der Waals surface area contributed by atoms with Crippen molar-refractivity contribution < 1.29 is 23.7 Å².